The van der Waals surface area contributed by atoms with Gasteiger partial charge in [0.1, 0.15) is 0 Å². The third kappa shape index (κ3) is 3.73. The maximum absolute atomic E-state index is 12.9. The minimum Gasteiger partial charge on any atom is -0.319 e. The van der Waals surface area contributed by atoms with Gasteiger partial charge in [0.2, 0.25) is 0 Å². The van der Waals surface area contributed by atoms with Crippen molar-refractivity contribution >= 4 is 0 Å². The largest absolute Gasteiger partial charge is 0.396 e. The van der Waals surface area contributed by atoms with Gasteiger partial charge in [-0.15, -0.1) is 0 Å². The highest BCUT2D eigenvalue weighted by atomic mass is 19.4. The molecule has 18 heavy (non-hydrogen) atoms. The second-order valence-corrected chi connectivity index (χ2v) is 5.52. The number of nitrogens with one attached hydrogen (secondary N) is 1. The summed E-state index contributed by atoms with van der Waals surface area (Å²) in [6.45, 7) is 6.02. The van der Waals surface area contributed by atoms with Gasteiger partial charge in [-0.1, -0.05) is 45.0 Å². The number of alkyl halides is 3. The molecule has 1 unspecified atom stereocenters. The topological polar surface area (TPSA) is 12.0 Å². The fourth-order valence-electron chi connectivity index (χ4n) is 1.84. The van der Waals surface area contributed by atoms with Crippen LogP contribution in [0.4, 0.5) is 13.2 Å². The molecule has 1 aromatic rings. The standard InChI is InChI=1S/C14H20F3N/c1-13(2,3)11-7-5-10(6-8-11)12(9-18-4)14(15,16)17/h5-8,12,18H,9H2,1-4H3. The quantitative estimate of drug-likeness (QED) is 0.869. The average molecular weight is 259 g/mol. The number of benzene rings is 1. The second-order valence-electron chi connectivity index (χ2n) is 5.52. The van der Waals surface area contributed by atoms with Gasteiger partial charge < -0.3 is 5.32 Å². The smallest absolute Gasteiger partial charge is 0.319 e. The zero-order chi connectivity index (χ0) is 14.0. The fraction of sp³-hybridized carbons (Fsp3) is 0.571. The van der Waals surface area contributed by atoms with Crippen molar-refractivity contribution in [2.24, 2.45) is 0 Å². The predicted molar refractivity (Wildman–Crippen MR) is 67.9 cm³/mol. The molecule has 0 amide bonds. The normalized spacial score (nSPS) is 14.6. The van der Waals surface area contributed by atoms with Gasteiger partial charge in [-0.05, 0) is 23.6 Å². The van der Waals surface area contributed by atoms with Crippen molar-refractivity contribution in [3.63, 3.8) is 0 Å². The Balaban J connectivity index is 3.02. The Morgan fingerprint density at radius 2 is 1.56 bits per heavy atom. The van der Waals surface area contributed by atoms with Gasteiger partial charge in [0.05, 0.1) is 5.92 Å². The lowest BCUT2D eigenvalue weighted by molar-refractivity contribution is -0.149. The predicted octanol–water partition coefficient (Wildman–Crippen LogP) is 3.85. The van der Waals surface area contributed by atoms with Crippen LogP contribution in [0.15, 0.2) is 24.3 Å². The van der Waals surface area contributed by atoms with Gasteiger partial charge >= 0.3 is 6.18 Å². The van der Waals surface area contributed by atoms with Crippen LogP contribution in [0.5, 0.6) is 0 Å². The molecule has 1 N–H and O–H groups in total. The molecular weight excluding hydrogens is 239 g/mol. The Bertz CT molecular complexity index is 374. The van der Waals surface area contributed by atoms with Crippen molar-refractivity contribution in [3.8, 4) is 0 Å². The highest BCUT2D eigenvalue weighted by Crippen LogP contribution is 2.35. The van der Waals surface area contributed by atoms with E-state index in [1.54, 1.807) is 24.3 Å². The first-order chi connectivity index (χ1) is 8.16. The van der Waals surface area contributed by atoms with Gasteiger partial charge in [0.25, 0.3) is 0 Å². The Hall–Kier alpha value is -1.03. The van der Waals surface area contributed by atoms with Crippen molar-refractivity contribution in [2.45, 2.75) is 38.3 Å². The van der Waals surface area contributed by atoms with Crippen molar-refractivity contribution in [3.05, 3.63) is 35.4 Å². The summed E-state index contributed by atoms with van der Waals surface area (Å²) in [7, 11) is 1.53. The van der Waals surface area contributed by atoms with E-state index >= 15 is 0 Å². The van der Waals surface area contributed by atoms with Gasteiger partial charge in [0.15, 0.2) is 0 Å². The summed E-state index contributed by atoms with van der Waals surface area (Å²) >= 11 is 0. The number of rotatable bonds is 3. The van der Waals surface area contributed by atoms with E-state index in [2.05, 4.69) is 5.32 Å². The lowest BCUT2D eigenvalue weighted by atomic mass is 9.85. The summed E-state index contributed by atoms with van der Waals surface area (Å²) in [5.41, 5.74) is 1.30. The van der Waals surface area contributed by atoms with Crippen molar-refractivity contribution in [1.82, 2.24) is 5.32 Å². The van der Waals surface area contributed by atoms with Crippen molar-refractivity contribution < 1.29 is 13.2 Å². The SMILES string of the molecule is CNCC(c1ccc(C(C)(C)C)cc1)C(F)(F)F. The fourth-order valence-corrected chi connectivity index (χ4v) is 1.84. The summed E-state index contributed by atoms with van der Waals surface area (Å²) in [4.78, 5) is 0. The molecule has 0 saturated heterocycles. The van der Waals surface area contributed by atoms with Crippen LogP contribution in [0.2, 0.25) is 0 Å². The van der Waals surface area contributed by atoms with Crippen LogP contribution in [0.3, 0.4) is 0 Å². The van der Waals surface area contributed by atoms with Crippen LogP contribution in [-0.4, -0.2) is 19.8 Å². The summed E-state index contributed by atoms with van der Waals surface area (Å²) in [6.07, 6.45) is -4.22. The van der Waals surface area contributed by atoms with Crippen LogP contribution in [-0.2, 0) is 5.41 Å². The van der Waals surface area contributed by atoms with Crippen LogP contribution in [0, 0.1) is 0 Å². The summed E-state index contributed by atoms with van der Waals surface area (Å²) in [6, 6.07) is 6.72. The lowest BCUT2D eigenvalue weighted by Gasteiger charge is -2.23. The van der Waals surface area contributed by atoms with E-state index in [9.17, 15) is 13.2 Å². The summed E-state index contributed by atoms with van der Waals surface area (Å²) in [5.74, 6) is -1.45. The Labute approximate surface area is 106 Å². The first-order valence-electron chi connectivity index (χ1n) is 5.98. The van der Waals surface area contributed by atoms with Crippen LogP contribution < -0.4 is 5.32 Å². The van der Waals surface area contributed by atoms with Crippen LogP contribution in [0.25, 0.3) is 0 Å². The molecule has 102 valence electrons. The Morgan fingerprint density at radius 1 is 1.06 bits per heavy atom. The molecule has 0 heterocycles. The highest BCUT2D eigenvalue weighted by molar-refractivity contribution is 5.30. The first-order valence-corrected chi connectivity index (χ1v) is 5.98. The molecule has 0 aliphatic rings. The molecule has 0 fully saturated rings. The molecule has 4 heteroatoms. The van der Waals surface area contributed by atoms with E-state index in [0.29, 0.717) is 5.56 Å². The monoisotopic (exact) mass is 259 g/mol. The third-order valence-electron chi connectivity index (χ3n) is 2.98. The Morgan fingerprint density at radius 3 is 1.89 bits per heavy atom. The zero-order valence-electron chi connectivity index (χ0n) is 11.2. The van der Waals surface area contributed by atoms with Gasteiger partial charge in [-0.3, -0.25) is 0 Å². The molecule has 0 aliphatic carbocycles. The van der Waals surface area contributed by atoms with E-state index < -0.39 is 12.1 Å². The molecule has 1 nitrogen and oxygen atoms in total. The third-order valence-corrected chi connectivity index (χ3v) is 2.98. The molecule has 1 atom stereocenters. The van der Waals surface area contributed by atoms with E-state index in [4.69, 9.17) is 0 Å². The number of hydrogen-bond donors (Lipinski definition) is 1. The number of likely N-dealkylation sites (N-methyl/N-ethyl adjacent to an activating group) is 1. The minimum atomic E-state index is -4.22. The Kier molecular flexibility index (Phi) is 4.43. The van der Waals surface area contributed by atoms with E-state index in [1.165, 1.54) is 7.05 Å². The molecule has 1 rings (SSSR count). The maximum atomic E-state index is 12.9. The molecule has 0 aliphatic heterocycles. The molecule has 0 radical (unpaired) electrons. The van der Waals surface area contributed by atoms with E-state index in [-0.39, 0.29) is 12.0 Å². The van der Waals surface area contributed by atoms with Crippen molar-refractivity contribution in [2.75, 3.05) is 13.6 Å². The maximum Gasteiger partial charge on any atom is 0.396 e. The second kappa shape index (κ2) is 5.31. The van der Waals surface area contributed by atoms with Gasteiger partial charge in [-0.2, -0.15) is 13.2 Å². The van der Waals surface area contributed by atoms with Gasteiger partial charge in [0, 0.05) is 6.54 Å². The number of hydrogen-bond acceptors (Lipinski definition) is 1. The average Bonchev–Trinajstić information content (AvgIpc) is 2.23. The van der Waals surface area contributed by atoms with E-state index in [1.807, 2.05) is 20.8 Å². The van der Waals surface area contributed by atoms with Crippen LogP contribution in [0.1, 0.15) is 37.8 Å². The lowest BCUT2D eigenvalue weighted by Crippen LogP contribution is -2.30. The van der Waals surface area contributed by atoms with E-state index in [0.717, 1.165) is 5.56 Å². The molecule has 0 saturated carbocycles. The summed E-state index contributed by atoms with van der Waals surface area (Å²) in [5, 5.41) is 2.60. The molecule has 0 bridgehead atoms. The molecule has 0 spiro atoms. The zero-order valence-corrected chi connectivity index (χ0v) is 11.2. The van der Waals surface area contributed by atoms with Crippen LogP contribution >= 0.6 is 0 Å². The summed E-state index contributed by atoms with van der Waals surface area (Å²) < 4.78 is 38.7. The van der Waals surface area contributed by atoms with Gasteiger partial charge in [-0.25, -0.2) is 0 Å². The van der Waals surface area contributed by atoms with Crippen molar-refractivity contribution in [1.29, 1.82) is 0 Å². The molecule has 0 aromatic heterocycles. The highest BCUT2D eigenvalue weighted by Gasteiger charge is 2.40. The molecular formula is C14H20F3N. The number of halogens is 3. The first kappa shape index (κ1) is 15.0. The minimum absolute atomic E-state index is 0.0464. The molecule has 1 aromatic carbocycles.